The number of piperidine rings is 1. The van der Waals surface area contributed by atoms with Crippen LogP contribution in [-0.4, -0.2) is 33.8 Å². The number of hydrogen-bond donors (Lipinski definition) is 0. The number of hydrogen-bond acceptors (Lipinski definition) is 2. The van der Waals surface area contributed by atoms with E-state index in [1.165, 1.54) is 19.3 Å². The molecule has 2 heterocycles. The Balaban J connectivity index is 0.000000745. The molecular weight excluding hydrogens is 391 g/mol. The summed E-state index contributed by atoms with van der Waals surface area (Å²) in [5.74, 6) is 0. The number of likely N-dealkylation sites (tertiary alicyclic amines) is 1. The fraction of sp³-hybridized carbons (Fsp3) is 0.500. The zero-order chi connectivity index (χ0) is 16.4. The number of aryl methyl sites for hydroxylation is 1. The van der Waals surface area contributed by atoms with E-state index in [4.69, 9.17) is 0 Å². The van der Waals surface area contributed by atoms with E-state index in [1.54, 1.807) is 0 Å². The number of rotatable bonds is 2. The maximum atomic E-state index is 4.67. The predicted molar refractivity (Wildman–Crippen MR) is 95.4 cm³/mol. The van der Waals surface area contributed by atoms with Crippen LogP contribution in [0.4, 0.5) is 0 Å². The second-order valence-electron chi connectivity index (χ2n) is 4.84. The van der Waals surface area contributed by atoms with E-state index < -0.39 is 0 Å². The topological polar surface area (TPSA) is 42.6 Å². The van der Waals surface area contributed by atoms with Crippen LogP contribution in [0.3, 0.4) is 0 Å². The Morgan fingerprint density at radius 1 is 1.32 bits per heavy atom. The summed E-state index contributed by atoms with van der Waals surface area (Å²) in [6.07, 6.45) is 3.72. The average Bonchev–Trinajstić information content (AvgIpc) is 2.54. The van der Waals surface area contributed by atoms with Crippen LogP contribution in [-0.2, 0) is 25.4 Å². The quantitative estimate of drug-likeness (QED) is 0.186. The van der Waals surface area contributed by atoms with Crippen molar-refractivity contribution >= 4 is 43.2 Å². The van der Waals surface area contributed by atoms with E-state index in [0.717, 1.165) is 43.3 Å². The van der Waals surface area contributed by atoms with Crippen LogP contribution in [0.5, 0.6) is 0 Å². The molecule has 0 saturated carbocycles. The second-order valence-corrected chi connectivity index (χ2v) is 6.80. The van der Waals surface area contributed by atoms with Crippen LogP contribution < -0.4 is 0 Å². The molecule has 0 N–H and O–H groups in total. The SMILES string of the molecule is CC(=N[N-]C(=[SH+])N1CCCCC1)c1cccc(C)n1.[Cl][Cu][Cl]. The first-order valence-electron chi connectivity index (χ1n) is 6.90. The van der Waals surface area contributed by atoms with Gasteiger partial charge in [-0.25, -0.2) is 4.90 Å². The van der Waals surface area contributed by atoms with Gasteiger partial charge >= 0.3 is 33.3 Å². The third kappa shape index (κ3) is 7.36. The summed E-state index contributed by atoms with van der Waals surface area (Å²) in [5.41, 5.74) is 6.87. The van der Waals surface area contributed by atoms with Crippen molar-refractivity contribution in [2.75, 3.05) is 13.1 Å². The third-order valence-electron chi connectivity index (χ3n) is 3.19. The van der Waals surface area contributed by atoms with E-state index in [2.05, 4.69) is 52.8 Å². The van der Waals surface area contributed by atoms with Crippen LogP contribution in [0, 0.1) is 6.92 Å². The van der Waals surface area contributed by atoms with Gasteiger partial charge in [-0.15, -0.1) is 0 Å². The number of nitrogens with zero attached hydrogens (tertiary/aromatic N) is 4. The van der Waals surface area contributed by atoms with Gasteiger partial charge in [-0.05, 0) is 38.8 Å². The Labute approximate surface area is 152 Å². The summed E-state index contributed by atoms with van der Waals surface area (Å²) < 4.78 is 0. The Morgan fingerprint density at radius 3 is 2.55 bits per heavy atom. The molecule has 0 aromatic carbocycles. The Kier molecular flexibility index (Phi) is 10.2. The maximum absolute atomic E-state index is 4.67. The first-order chi connectivity index (χ1) is 10.6. The van der Waals surface area contributed by atoms with Gasteiger partial charge in [0, 0.05) is 24.5 Å². The van der Waals surface area contributed by atoms with Crippen molar-refractivity contribution in [3.63, 3.8) is 0 Å². The first-order valence-corrected chi connectivity index (χ1v) is 9.93. The normalized spacial score (nSPS) is 15.9. The number of thiol groups is 1. The van der Waals surface area contributed by atoms with Gasteiger partial charge in [0.1, 0.15) is 0 Å². The van der Waals surface area contributed by atoms with Crippen molar-refractivity contribution < 1.29 is 13.1 Å². The summed E-state index contributed by atoms with van der Waals surface area (Å²) in [7, 11) is 9.34. The van der Waals surface area contributed by atoms with Crippen LogP contribution in [0.25, 0.3) is 5.43 Å². The van der Waals surface area contributed by atoms with Crippen LogP contribution in [0.1, 0.15) is 37.6 Å². The molecule has 1 saturated heterocycles. The van der Waals surface area contributed by atoms with Crippen LogP contribution in [0.2, 0.25) is 0 Å². The molecule has 22 heavy (non-hydrogen) atoms. The molecule has 4 nitrogen and oxygen atoms in total. The third-order valence-corrected chi connectivity index (χ3v) is 3.56. The molecule has 0 bridgehead atoms. The zero-order valence-electron chi connectivity index (χ0n) is 12.6. The van der Waals surface area contributed by atoms with Gasteiger partial charge < -0.3 is 10.5 Å². The van der Waals surface area contributed by atoms with Gasteiger partial charge in [0.05, 0.1) is 5.69 Å². The predicted octanol–water partition coefficient (Wildman–Crippen LogP) is 3.72. The minimum absolute atomic E-state index is 0.701. The van der Waals surface area contributed by atoms with Gasteiger partial charge in [0.2, 0.25) is 0 Å². The fourth-order valence-corrected chi connectivity index (χ4v) is 2.32. The van der Waals surface area contributed by atoms with E-state index in [-0.39, 0.29) is 0 Å². The van der Waals surface area contributed by atoms with Crippen molar-refractivity contribution in [3.05, 3.63) is 35.0 Å². The Bertz CT molecular complexity index is 507. The first kappa shape index (κ1) is 19.8. The molecule has 1 fully saturated rings. The van der Waals surface area contributed by atoms with E-state index in [9.17, 15) is 0 Å². The van der Waals surface area contributed by atoms with Crippen molar-refractivity contribution in [2.45, 2.75) is 33.1 Å². The van der Waals surface area contributed by atoms with E-state index in [1.807, 2.05) is 32.0 Å². The Hall–Kier alpha value is -0.231. The molecule has 0 spiro atoms. The molecule has 0 amide bonds. The summed E-state index contributed by atoms with van der Waals surface area (Å²) in [5, 5.41) is 4.94. The molecule has 0 atom stereocenters. The van der Waals surface area contributed by atoms with Crippen molar-refractivity contribution in [1.29, 1.82) is 0 Å². The van der Waals surface area contributed by atoms with Gasteiger partial charge in [0.25, 0.3) is 0 Å². The van der Waals surface area contributed by atoms with Gasteiger partial charge in [-0.1, -0.05) is 12.5 Å². The molecule has 0 radical (unpaired) electrons. The zero-order valence-corrected chi connectivity index (χ0v) is 15.9. The number of aromatic nitrogens is 1. The molecule has 1 aliphatic rings. The van der Waals surface area contributed by atoms with Crippen molar-refractivity contribution in [2.24, 2.45) is 5.10 Å². The van der Waals surface area contributed by atoms with Crippen LogP contribution >= 0.6 is 20.2 Å². The van der Waals surface area contributed by atoms with E-state index >= 15 is 0 Å². The second kappa shape index (κ2) is 11.3. The molecule has 0 aliphatic carbocycles. The van der Waals surface area contributed by atoms with Crippen LogP contribution in [0.15, 0.2) is 23.3 Å². The van der Waals surface area contributed by atoms with Gasteiger partial charge in [-0.3, -0.25) is 4.98 Å². The van der Waals surface area contributed by atoms with E-state index in [0.29, 0.717) is 5.11 Å². The summed E-state index contributed by atoms with van der Waals surface area (Å²) in [4.78, 5) is 6.60. The minimum atomic E-state index is 0.701. The average molecular weight is 411 g/mol. The number of pyridine rings is 1. The monoisotopic (exact) mass is 409 g/mol. The summed E-state index contributed by atoms with van der Waals surface area (Å²) >= 11 is 5.19. The molecular formula is C14H20Cl2CuN4S. The standard InChI is InChI=1S/C14H20N4S.2ClH.Cu/c1-11-7-6-8-13(15-11)12(2)16-17-14(19)18-9-4-3-5-10-18;;;/h6-8H,3-5,9-10H2,1-2H3,(H,15,17,19);2*1H;/q;;;+2/p-2. The molecule has 8 heteroatoms. The van der Waals surface area contributed by atoms with Crippen molar-refractivity contribution in [3.8, 4) is 0 Å². The summed E-state index contributed by atoms with van der Waals surface area (Å²) in [6.45, 7) is 5.94. The fourth-order valence-electron chi connectivity index (χ4n) is 2.07. The van der Waals surface area contributed by atoms with Gasteiger partial charge in [0.15, 0.2) is 17.3 Å². The molecule has 1 aromatic rings. The molecule has 127 valence electrons. The van der Waals surface area contributed by atoms with Gasteiger partial charge in [-0.2, -0.15) is 0 Å². The molecule has 2 rings (SSSR count). The van der Waals surface area contributed by atoms with Crippen molar-refractivity contribution in [1.82, 2.24) is 9.88 Å². The number of halogens is 2. The molecule has 0 unspecified atom stereocenters. The Morgan fingerprint density at radius 2 is 1.95 bits per heavy atom. The molecule has 1 aromatic heterocycles. The molecule has 1 aliphatic heterocycles. The summed E-state index contributed by atoms with van der Waals surface area (Å²) in [6, 6.07) is 5.89.